The molecule has 12 aromatic heterocycles. The molecule has 10 aromatic carbocycles. The van der Waals surface area contributed by atoms with E-state index in [2.05, 4.69) is 369 Å². The fraction of sp³-hybridized carbons (Fsp3) is 0.252. The van der Waals surface area contributed by atoms with Crippen LogP contribution in [0.2, 0.25) is 0 Å². The van der Waals surface area contributed by atoms with E-state index in [-0.39, 0.29) is 32.5 Å². The first-order valence-corrected chi connectivity index (χ1v) is 46.5. The first kappa shape index (κ1) is 69.7. The van der Waals surface area contributed by atoms with Gasteiger partial charge in [0.15, 0.2) is 85.0 Å². The average Bonchev–Trinajstić information content (AvgIpc) is 1.49. The van der Waals surface area contributed by atoms with Crippen molar-refractivity contribution in [3.63, 3.8) is 0 Å². The Hall–Kier alpha value is -13.6. The Balaban J connectivity index is 0.0000000763. The predicted octanol–water partition coefficient (Wildman–Crippen LogP) is 19.5. The molecule has 127 heavy (non-hydrogen) atoms. The van der Waals surface area contributed by atoms with E-state index in [0.717, 1.165) is 65.2 Å². The molecule has 0 bridgehead atoms. The lowest BCUT2D eigenvalue weighted by Gasteiger charge is -2.43. The lowest BCUT2D eigenvalue weighted by atomic mass is 9.60. The summed E-state index contributed by atoms with van der Waals surface area (Å²) in [5.41, 5.74) is 51.0. The lowest BCUT2D eigenvalue weighted by Crippen LogP contribution is -2.51. The van der Waals surface area contributed by atoms with Crippen LogP contribution in [0.15, 0.2) is 225 Å². The first-order chi connectivity index (χ1) is 61.5. The second kappa shape index (κ2) is 21.9. The average molecular weight is 1650 g/mol. The largest absolute Gasteiger partial charge is 0.302 e. The van der Waals surface area contributed by atoms with Gasteiger partial charge in [-0.2, -0.15) is 35.9 Å². The molecule has 608 valence electrons. The molecule has 13 aliphatic rings. The third kappa shape index (κ3) is 7.65. The smallest absolute Gasteiger partial charge is 0.225 e. The topological polar surface area (TPSA) is 49.4 Å². The highest BCUT2D eigenvalue weighted by Crippen LogP contribution is 2.60. The van der Waals surface area contributed by atoms with E-state index in [1.165, 1.54) is 265 Å². The van der Waals surface area contributed by atoms with Crippen LogP contribution in [-0.2, 0) is 97.7 Å². The van der Waals surface area contributed by atoms with E-state index in [9.17, 15) is 0 Å². The lowest BCUT2D eigenvalue weighted by molar-refractivity contribution is -0.658. The molecule has 0 saturated carbocycles. The highest BCUT2D eigenvalue weighted by molar-refractivity contribution is 6.25. The Bertz CT molecular complexity index is 9240. The zero-order valence-corrected chi connectivity index (χ0v) is 74.3. The third-order valence-electron chi connectivity index (χ3n) is 36.1. The van der Waals surface area contributed by atoms with Crippen LogP contribution in [0, 0.1) is 6.92 Å². The van der Waals surface area contributed by atoms with Crippen molar-refractivity contribution in [2.24, 2.45) is 0 Å². The molecule has 0 spiro atoms. The van der Waals surface area contributed by atoms with Crippen LogP contribution in [0.5, 0.6) is 0 Å². The molecule has 12 heteroatoms. The maximum atomic E-state index is 2.68. The van der Waals surface area contributed by atoms with E-state index < -0.39 is 0 Å². The van der Waals surface area contributed by atoms with E-state index in [0.29, 0.717) is 0 Å². The second-order valence-electron chi connectivity index (χ2n) is 42.9. The van der Waals surface area contributed by atoms with Gasteiger partial charge in [-0.3, -0.25) is 0 Å². The number of benzene rings is 10. The summed E-state index contributed by atoms with van der Waals surface area (Å²) < 4.78 is 30.2. The van der Waals surface area contributed by atoms with Crippen molar-refractivity contribution in [2.75, 3.05) is 0 Å². The van der Waals surface area contributed by atoms with Gasteiger partial charge in [0, 0.05) is 163 Å². The zero-order chi connectivity index (χ0) is 84.5. The normalized spacial score (nSPS) is 17.7. The molecule has 23 heterocycles. The second-order valence-corrected chi connectivity index (χ2v) is 42.9. The Kier molecular flexibility index (Phi) is 12.0. The summed E-state index contributed by atoms with van der Waals surface area (Å²) in [5.74, 6) is 0. The van der Waals surface area contributed by atoms with E-state index in [4.69, 9.17) is 0 Å². The quantitative estimate of drug-likeness (QED) is 0.122. The fourth-order valence-electron chi connectivity index (χ4n) is 28.2. The van der Waals surface area contributed by atoms with Crippen LogP contribution in [-0.4, -0.2) is 17.8 Å². The first-order valence-electron chi connectivity index (χ1n) is 46.5. The van der Waals surface area contributed by atoms with Crippen molar-refractivity contribution < 1.29 is 36.4 Å². The van der Waals surface area contributed by atoms with Gasteiger partial charge in [0.05, 0.1) is 21.5 Å². The maximum Gasteiger partial charge on any atom is 0.302 e. The van der Waals surface area contributed by atoms with Gasteiger partial charge in [-0.15, -0.1) is 0 Å². The van der Waals surface area contributed by atoms with Gasteiger partial charge < -0.3 is 0 Å². The molecule has 0 radical (unpaired) electrons. The van der Waals surface area contributed by atoms with Crippen LogP contribution >= 0.6 is 0 Å². The molecule has 35 rings (SSSR count). The SMILES string of the molecule is CC1(C)c2ccc3c4c2n2c(c[n+]5c2c2c(cc[n+](c42)C3)C5)C1(C)C.CC1(C)c2ccc3c4c5c(ccc6c5c5n(c(c(-c7ccccc7)[n+]5C6)C1(C)C)c24)C3.Cc1c2[n+]3c4c(ccc5c4c4c(ccc6c4c3n1C6)C5)C(C)(C)C2(C)C.c1cc2c3c(c1)c1ccc[n+]4c1c1c(cc[n+](c31)C2)C4.c1ccc(-c2c[n+]3c4c5c(cc[n+]6c5c5c(cccc5n24)C6)C3)cc1. The number of aromatic nitrogens is 12. The molecule has 0 fully saturated rings. The van der Waals surface area contributed by atoms with Gasteiger partial charge in [-0.05, 0) is 47.2 Å². The van der Waals surface area contributed by atoms with Gasteiger partial charge >= 0.3 is 11.3 Å². The number of fused-ring (bicyclic) bond motifs is 2. The molecule has 2 aliphatic carbocycles. The predicted molar refractivity (Wildman–Crippen MR) is 502 cm³/mol. The van der Waals surface area contributed by atoms with Crippen molar-refractivity contribution in [1.29, 1.82) is 0 Å². The van der Waals surface area contributed by atoms with Crippen molar-refractivity contribution in [3.8, 4) is 22.5 Å². The summed E-state index contributed by atoms with van der Waals surface area (Å²) in [7, 11) is 0. The summed E-state index contributed by atoms with van der Waals surface area (Å²) in [4.78, 5) is 0. The molecular weight excluding hydrogens is 1550 g/mol. The summed E-state index contributed by atoms with van der Waals surface area (Å²) in [5, 5.41) is 20.7. The van der Waals surface area contributed by atoms with Gasteiger partial charge in [0.1, 0.15) is 87.7 Å². The number of nitrogens with zero attached hydrogens (tertiary/aromatic N) is 12. The molecule has 22 aromatic rings. The van der Waals surface area contributed by atoms with E-state index in [1.54, 1.807) is 5.39 Å². The number of hydrogen-bond acceptors (Lipinski definition) is 0. The van der Waals surface area contributed by atoms with Crippen molar-refractivity contribution in [2.45, 2.75) is 188 Å². The van der Waals surface area contributed by atoms with Crippen molar-refractivity contribution in [1.82, 2.24) is 17.8 Å². The monoisotopic (exact) mass is 1640 g/mol. The summed E-state index contributed by atoms with van der Waals surface area (Å²) in [6.45, 7) is 39.6. The number of pyridine rings is 8. The van der Waals surface area contributed by atoms with Gasteiger partial charge in [0.2, 0.25) is 22.1 Å². The van der Waals surface area contributed by atoms with Crippen LogP contribution in [0.4, 0.5) is 0 Å². The van der Waals surface area contributed by atoms with Gasteiger partial charge in [0.25, 0.3) is 11.3 Å². The van der Waals surface area contributed by atoms with Crippen molar-refractivity contribution >= 4 is 142 Å². The molecule has 0 N–H and O–H groups in total. The summed E-state index contributed by atoms with van der Waals surface area (Å²) in [6.07, 6.45) is 15.9. The molecule has 11 aliphatic heterocycles. The van der Waals surface area contributed by atoms with Crippen LogP contribution in [0.25, 0.3) is 165 Å². The summed E-state index contributed by atoms with van der Waals surface area (Å²) in [6, 6.07) is 70.7. The Morgan fingerprint density at radius 3 is 1.49 bits per heavy atom. The molecule has 0 saturated heterocycles. The summed E-state index contributed by atoms with van der Waals surface area (Å²) >= 11 is 0. The van der Waals surface area contributed by atoms with Crippen LogP contribution in [0.3, 0.4) is 0 Å². The Labute approximate surface area is 733 Å². The standard InChI is InChI=1S/C29H25N2.C24H23N2.C22H21N3.C22H15N3.C18H12N2/c1-28(2)20-13-12-18-14-17-10-11-19-15-30-24(16-8-6-5-7-9-16)26(29(28,3)4)31-25(20)22(18)21(17)23(19)27(30)31;1-12-21-24(4,5)23(2,3)16-9-8-14-10-13-6-7-15-11-25(12)22-19(15)17(13)18(14)20(16)26(21)22;1-21(2)14-6-5-12-9-23-8-7-13-10-24-11-15(22(21,3)4)25-18(14)16(12)19(23)17(13)20(24)25;1-2-5-14(6-3-1)18-13-24-12-16-9-10-23-11-15-7-4-8-17-19(15)21(23)20(16)22(24)25(17)18;1-3-11-9-20-8-6-12-10-19-7-2-5-14-13(4-1)15(11)18(20)16(12)17(14)19/h5-13H,14-15H2,1-4H3;6-9H,10-11H2,1-5H3;5-8,11H,9-10H2,1-4H3;1-10,13H,11-12H2;1-8H,9-10H2/q2*+1;3*+2. The van der Waals surface area contributed by atoms with E-state index in [1.807, 2.05) is 0 Å². The minimum atomic E-state index is -0.00929. The highest BCUT2D eigenvalue weighted by atomic mass is 15.2. The van der Waals surface area contributed by atoms with Gasteiger partial charge in [-0.25, -0.2) is 18.3 Å². The number of rotatable bonds is 2. The molecular formula is C115H96N12+8. The fourth-order valence-corrected chi connectivity index (χ4v) is 28.2. The molecule has 12 nitrogen and oxygen atoms in total. The molecule has 0 amide bonds. The van der Waals surface area contributed by atoms with E-state index >= 15 is 0 Å². The zero-order valence-electron chi connectivity index (χ0n) is 74.3. The third-order valence-corrected chi connectivity index (χ3v) is 36.1. The number of hydrogen-bond donors (Lipinski definition) is 0. The van der Waals surface area contributed by atoms with Crippen molar-refractivity contribution in [3.05, 3.63) is 331 Å². The van der Waals surface area contributed by atoms with Crippen LogP contribution in [0.1, 0.15) is 189 Å². The minimum absolute atomic E-state index is 0.00929. The molecule has 0 atom stereocenters. The Morgan fingerprint density at radius 1 is 0.291 bits per heavy atom. The molecule has 0 unspecified atom stereocenters. The Morgan fingerprint density at radius 2 is 0.787 bits per heavy atom. The van der Waals surface area contributed by atoms with Crippen LogP contribution < -0.4 is 36.4 Å². The maximum absolute atomic E-state index is 2.68. The minimum Gasteiger partial charge on any atom is -0.225 e. The van der Waals surface area contributed by atoms with Gasteiger partial charge in [-0.1, -0.05) is 235 Å². The highest BCUT2D eigenvalue weighted by Gasteiger charge is 2.58. The number of imidazole rings is 4.